The van der Waals surface area contributed by atoms with Crippen molar-refractivity contribution in [2.24, 2.45) is 7.05 Å². The number of nitrogens with zero attached hydrogens (tertiary/aromatic N) is 3. The first kappa shape index (κ1) is 16.2. The van der Waals surface area contributed by atoms with E-state index in [-0.39, 0.29) is 18.1 Å². The molecule has 2 heterocycles. The Morgan fingerprint density at radius 2 is 2.35 bits per heavy atom. The Kier molecular flexibility index (Phi) is 5.13. The van der Waals surface area contributed by atoms with Gasteiger partial charge in [-0.1, -0.05) is 12.5 Å². The Hall–Kier alpha value is -1.66. The van der Waals surface area contributed by atoms with Gasteiger partial charge >= 0.3 is 0 Å². The summed E-state index contributed by atoms with van der Waals surface area (Å²) in [7, 11) is 2.00. The zero-order valence-electron chi connectivity index (χ0n) is 14.0. The largest absolute Gasteiger partial charge is 0.373 e. The summed E-state index contributed by atoms with van der Waals surface area (Å²) in [5, 5.41) is 3.00. The number of aryl methyl sites for hydroxylation is 1. The summed E-state index contributed by atoms with van der Waals surface area (Å²) >= 11 is 0. The minimum absolute atomic E-state index is 0.00416. The Balaban J connectivity index is 1.67. The number of amides is 1. The third-order valence-electron chi connectivity index (χ3n) is 4.79. The molecule has 1 saturated heterocycles. The van der Waals surface area contributed by atoms with Crippen LogP contribution in [-0.2, 0) is 16.6 Å². The van der Waals surface area contributed by atoms with Crippen LogP contribution < -0.4 is 5.32 Å². The predicted octanol–water partition coefficient (Wildman–Crippen LogP) is 1.41. The van der Waals surface area contributed by atoms with Gasteiger partial charge in [0.1, 0.15) is 5.82 Å². The highest BCUT2D eigenvalue weighted by Crippen LogP contribution is 2.28. The quantitative estimate of drug-likeness (QED) is 0.834. The van der Waals surface area contributed by atoms with E-state index in [1.807, 2.05) is 24.0 Å². The number of allylic oxidation sites excluding steroid dienone is 1. The summed E-state index contributed by atoms with van der Waals surface area (Å²) in [4.78, 5) is 18.9. The summed E-state index contributed by atoms with van der Waals surface area (Å²) < 4.78 is 8.00. The zero-order valence-corrected chi connectivity index (χ0v) is 14.0. The fourth-order valence-electron chi connectivity index (χ4n) is 3.27. The first-order valence-electron chi connectivity index (χ1n) is 8.49. The summed E-state index contributed by atoms with van der Waals surface area (Å²) in [5.41, 5.74) is 1.25. The van der Waals surface area contributed by atoms with Crippen molar-refractivity contribution >= 4 is 5.91 Å². The second-order valence-electron chi connectivity index (χ2n) is 6.28. The van der Waals surface area contributed by atoms with Crippen LogP contribution in [0.25, 0.3) is 0 Å². The monoisotopic (exact) mass is 318 g/mol. The molecule has 2 aliphatic rings. The Labute approximate surface area is 137 Å². The number of imidazole rings is 1. The standard InChI is InChI=1S/C17H26N4O2/c1-3-21-9-10-23-14(16(21)17-18-7-8-20(17)2)12-19-15(22)11-13-5-4-6-13/h7-8,11,14,16H,3-6,9-10,12H2,1-2H3,(H,19,22)/t14-,16+/m0/s1. The summed E-state index contributed by atoms with van der Waals surface area (Å²) in [6.07, 6.45) is 8.77. The smallest absolute Gasteiger partial charge is 0.244 e. The highest BCUT2D eigenvalue weighted by atomic mass is 16.5. The molecule has 1 aromatic heterocycles. The van der Waals surface area contributed by atoms with Crippen LogP contribution in [0.2, 0.25) is 0 Å². The molecule has 126 valence electrons. The lowest BCUT2D eigenvalue weighted by atomic mass is 9.92. The van der Waals surface area contributed by atoms with E-state index in [1.54, 1.807) is 6.08 Å². The van der Waals surface area contributed by atoms with Crippen molar-refractivity contribution in [3.05, 3.63) is 29.9 Å². The van der Waals surface area contributed by atoms with Crippen molar-refractivity contribution in [2.45, 2.75) is 38.3 Å². The Morgan fingerprint density at radius 3 is 2.96 bits per heavy atom. The van der Waals surface area contributed by atoms with Crippen molar-refractivity contribution < 1.29 is 9.53 Å². The number of hydrogen-bond acceptors (Lipinski definition) is 4. The van der Waals surface area contributed by atoms with Crippen molar-refractivity contribution in [3.63, 3.8) is 0 Å². The third kappa shape index (κ3) is 3.64. The minimum atomic E-state index is -0.0754. The average Bonchev–Trinajstić information content (AvgIpc) is 2.94. The van der Waals surface area contributed by atoms with Gasteiger partial charge in [0.05, 0.1) is 18.8 Å². The fourth-order valence-corrected chi connectivity index (χ4v) is 3.27. The van der Waals surface area contributed by atoms with Crippen LogP contribution in [0.1, 0.15) is 38.1 Å². The molecule has 0 radical (unpaired) electrons. The molecule has 2 atom stereocenters. The van der Waals surface area contributed by atoms with E-state index in [1.165, 1.54) is 12.0 Å². The van der Waals surface area contributed by atoms with Gasteiger partial charge in [0.25, 0.3) is 0 Å². The van der Waals surface area contributed by atoms with Crippen molar-refractivity contribution in [3.8, 4) is 0 Å². The topological polar surface area (TPSA) is 59.4 Å². The highest BCUT2D eigenvalue weighted by Gasteiger charge is 2.35. The molecule has 1 aromatic rings. The van der Waals surface area contributed by atoms with Crippen molar-refractivity contribution in [1.82, 2.24) is 19.8 Å². The molecule has 0 aromatic carbocycles. The van der Waals surface area contributed by atoms with Gasteiger partial charge in [0, 0.05) is 38.6 Å². The van der Waals surface area contributed by atoms with Crippen LogP contribution >= 0.6 is 0 Å². The maximum Gasteiger partial charge on any atom is 0.244 e. The van der Waals surface area contributed by atoms with E-state index in [0.717, 1.165) is 31.8 Å². The van der Waals surface area contributed by atoms with Crippen LogP contribution in [-0.4, -0.2) is 52.7 Å². The maximum absolute atomic E-state index is 12.0. The molecule has 6 heteroatoms. The van der Waals surface area contributed by atoms with Gasteiger partial charge in [-0.3, -0.25) is 9.69 Å². The number of carbonyl (C=O) groups excluding carboxylic acids is 1. The number of nitrogens with one attached hydrogen (secondary N) is 1. The summed E-state index contributed by atoms with van der Waals surface area (Å²) in [6, 6.07) is 0.0744. The maximum atomic E-state index is 12.0. The lowest BCUT2D eigenvalue weighted by molar-refractivity contribution is -0.119. The van der Waals surface area contributed by atoms with E-state index in [9.17, 15) is 4.79 Å². The molecule has 6 nitrogen and oxygen atoms in total. The number of aromatic nitrogens is 2. The molecule has 23 heavy (non-hydrogen) atoms. The Bertz CT molecular complexity index is 575. The van der Waals surface area contributed by atoms with Crippen LogP contribution in [0.5, 0.6) is 0 Å². The van der Waals surface area contributed by atoms with Gasteiger partial charge < -0.3 is 14.6 Å². The number of carbonyl (C=O) groups is 1. The molecule has 1 N–H and O–H groups in total. The number of morpholine rings is 1. The minimum Gasteiger partial charge on any atom is -0.373 e. The normalized spacial score (nSPS) is 25.0. The molecule has 3 rings (SSSR count). The second-order valence-corrected chi connectivity index (χ2v) is 6.28. The number of likely N-dealkylation sites (N-methyl/N-ethyl adjacent to an activating group) is 1. The number of hydrogen-bond donors (Lipinski definition) is 1. The van der Waals surface area contributed by atoms with Crippen molar-refractivity contribution in [1.29, 1.82) is 0 Å². The molecule has 2 fully saturated rings. The number of rotatable bonds is 5. The SMILES string of the molecule is CCN1CCO[C@@H](CNC(=O)C=C2CCC2)[C@@H]1c1nccn1C. The molecule has 1 aliphatic carbocycles. The van der Waals surface area contributed by atoms with Gasteiger partial charge in [-0.25, -0.2) is 4.98 Å². The summed E-state index contributed by atoms with van der Waals surface area (Å²) in [5.74, 6) is 0.985. The van der Waals surface area contributed by atoms with Crippen LogP contribution in [0.3, 0.4) is 0 Å². The van der Waals surface area contributed by atoms with Gasteiger partial charge in [0.2, 0.25) is 5.91 Å². The van der Waals surface area contributed by atoms with Gasteiger partial charge in [-0.2, -0.15) is 0 Å². The molecule has 0 bridgehead atoms. The average molecular weight is 318 g/mol. The fraction of sp³-hybridized carbons (Fsp3) is 0.647. The van der Waals surface area contributed by atoms with Crippen LogP contribution in [0, 0.1) is 0 Å². The molecule has 0 unspecified atom stereocenters. The van der Waals surface area contributed by atoms with Crippen molar-refractivity contribution in [2.75, 3.05) is 26.2 Å². The summed E-state index contributed by atoms with van der Waals surface area (Å²) in [6.45, 7) is 5.18. The molecular formula is C17H26N4O2. The van der Waals surface area contributed by atoms with Crippen LogP contribution in [0.15, 0.2) is 24.0 Å². The zero-order chi connectivity index (χ0) is 16.2. The third-order valence-corrected chi connectivity index (χ3v) is 4.79. The molecule has 1 amide bonds. The van der Waals surface area contributed by atoms with Gasteiger partial charge in [0.15, 0.2) is 0 Å². The van der Waals surface area contributed by atoms with E-state index in [2.05, 4.69) is 22.1 Å². The predicted molar refractivity (Wildman–Crippen MR) is 87.9 cm³/mol. The van der Waals surface area contributed by atoms with Gasteiger partial charge in [-0.15, -0.1) is 0 Å². The lowest BCUT2D eigenvalue weighted by Gasteiger charge is -2.40. The highest BCUT2D eigenvalue weighted by molar-refractivity contribution is 5.88. The van der Waals surface area contributed by atoms with E-state index in [0.29, 0.717) is 13.2 Å². The van der Waals surface area contributed by atoms with E-state index in [4.69, 9.17) is 4.74 Å². The molecule has 1 aliphatic heterocycles. The first-order chi connectivity index (χ1) is 11.2. The van der Waals surface area contributed by atoms with Gasteiger partial charge in [-0.05, 0) is 25.8 Å². The van der Waals surface area contributed by atoms with Crippen LogP contribution in [0.4, 0.5) is 0 Å². The second kappa shape index (κ2) is 7.27. The lowest BCUT2D eigenvalue weighted by Crippen LogP contribution is -2.50. The molecule has 0 spiro atoms. The molecule has 1 saturated carbocycles. The van der Waals surface area contributed by atoms with E-state index < -0.39 is 0 Å². The Morgan fingerprint density at radius 1 is 1.52 bits per heavy atom. The number of ether oxygens (including phenoxy) is 1. The first-order valence-corrected chi connectivity index (χ1v) is 8.49. The molecular weight excluding hydrogens is 292 g/mol. The van der Waals surface area contributed by atoms with E-state index >= 15 is 0 Å².